The zero-order chi connectivity index (χ0) is 18.2. The van der Waals surface area contributed by atoms with E-state index < -0.39 is 0 Å². The van der Waals surface area contributed by atoms with Gasteiger partial charge in [-0.25, -0.2) is 0 Å². The van der Waals surface area contributed by atoms with Crippen LogP contribution < -0.4 is 0 Å². The van der Waals surface area contributed by atoms with Crippen molar-refractivity contribution in [3.8, 4) is 0 Å². The quantitative estimate of drug-likeness (QED) is 0.420. The van der Waals surface area contributed by atoms with Crippen molar-refractivity contribution in [2.75, 3.05) is 0 Å². The van der Waals surface area contributed by atoms with Crippen molar-refractivity contribution in [2.24, 2.45) is 0 Å². The van der Waals surface area contributed by atoms with Crippen LogP contribution in [0, 0.1) is 0 Å². The van der Waals surface area contributed by atoms with Gasteiger partial charge in [-0.1, -0.05) is 42.5 Å². The van der Waals surface area contributed by atoms with E-state index >= 15 is 0 Å². The number of furan rings is 1. The molecule has 5 nitrogen and oxygen atoms in total. The third-order valence-corrected chi connectivity index (χ3v) is 5.10. The van der Waals surface area contributed by atoms with Crippen LogP contribution in [0.4, 0.5) is 0 Å². The molecule has 6 heteroatoms. The third-order valence-electron chi connectivity index (χ3n) is 4.55. The minimum absolute atomic E-state index is 0.0916. The van der Waals surface area contributed by atoms with E-state index in [1.165, 1.54) is 0 Å². The van der Waals surface area contributed by atoms with Crippen LogP contribution in [0.2, 0.25) is 0 Å². The fraction of sp³-hybridized carbons (Fsp3) is 0.0952. The van der Waals surface area contributed by atoms with Crippen LogP contribution in [0.1, 0.15) is 11.3 Å². The topological polar surface area (TPSA) is 65.2 Å². The lowest BCUT2D eigenvalue weighted by Crippen LogP contribution is -2.07. The number of benzene rings is 3. The number of carbonyl (C=O) groups is 1. The first-order valence-corrected chi connectivity index (χ1v) is 9.27. The molecule has 3 aromatic carbocycles. The van der Waals surface area contributed by atoms with Crippen LogP contribution in [0.25, 0.3) is 32.8 Å². The van der Waals surface area contributed by atoms with Gasteiger partial charge in [-0.3, -0.25) is 4.79 Å². The maximum Gasteiger partial charge on any atom is 0.313 e. The molecular weight excluding hydrogens is 360 g/mol. The van der Waals surface area contributed by atoms with Crippen LogP contribution in [-0.2, 0) is 22.6 Å². The zero-order valence-corrected chi connectivity index (χ0v) is 15.0. The van der Waals surface area contributed by atoms with Gasteiger partial charge in [-0.15, -0.1) is 0 Å². The number of fused-ring (bicyclic) bond motifs is 4. The van der Waals surface area contributed by atoms with E-state index in [0.717, 1.165) is 50.1 Å². The molecule has 0 spiro atoms. The molecule has 0 bridgehead atoms. The van der Waals surface area contributed by atoms with Gasteiger partial charge >= 0.3 is 5.97 Å². The molecule has 0 saturated heterocycles. The summed E-state index contributed by atoms with van der Waals surface area (Å²) in [5.74, 6) is 0.262. The molecule has 0 aliphatic carbocycles. The van der Waals surface area contributed by atoms with Crippen molar-refractivity contribution in [1.82, 2.24) is 8.75 Å². The van der Waals surface area contributed by atoms with E-state index in [2.05, 4.69) is 20.9 Å². The average Bonchev–Trinajstić information content (AvgIpc) is 3.33. The number of aromatic nitrogens is 2. The number of ether oxygens (including phenoxy) is 1. The maximum atomic E-state index is 12.3. The molecule has 0 aliphatic heterocycles. The maximum absolute atomic E-state index is 12.3. The van der Waals surface area contributed by atoms with Gasteiger partial charge in [0.25, 0.3) is 0 Å². The average molecular weight is 374 g/mol. The van der Waals surface area contributed by atoms with E-state index in [1.807, 2.05) is 48.5 Å². The van der Waals surface area contributed by atoms with Gasteiger partial charge in [0.1, 0.15) is 35.4 Å². The molecule has 0 radical (unpaired) electrons. The van der Waals surface area contributed by atoms with E-state index in [9.17, 15) is 4.79 Å². The predicted octanol–water partition coefficient (Wildman–Crippen LogP) is 4.88. The molecule has 0 saturated carbocycles. The van der Waals surface area contributed by atoms with Gasteiger partial charge in [0.05, 0.1) is 11.7 Å². The van der Waals surface area contributed by atoms with Gasteiger partial charge in [0, 0.05) is 10.9 Å². The summed E-state index contributed by atoms with van der Waals surface area (Å²) >= 11 is 1.15. The highest BCUT2D eigenvalue weighted by molar-refractivity contribution is 7.00. The van der Waals surface area contributed by atoms with Crippen LogP contribution in [-0.4, -0.2) is 14.7 Å². The molecule has 0 amide bonds. The first kappa shape index (κ1) is 16.0. The van der Waals surface area contributed by atoms with E-state index in [1.54, 1.807) is 0 Å². The van der Waals surface area contributed by atoms with Crippen molar-refractivity contribution < 1.29 is 13.9 Å². The highest BCUT2D eigenvalue weighted by atomic mass is 32.1. The summed E-state index contributed by atoms with van der Waals surface area (Å²) in [7, 11) is 0. The number of hydrogen-bond donors (Lipinski definition) is 0. The van der Waals surface area contributed by atoms with Gasteiger partial charge < -0.3 is 9.15 Å². The number of nitrogens with zero attached hydrogens (tertiary/aromatic N) is 2. The fourth-order valence-electron chi connectivity index (χ4n) is 3.26. The second-order valence-corrected chi connectivity index (χ2v) is 6.83. The summed E-state index contributed by atoms with van der Waals surface area (Å²) in [6.07, 6.45) is 0.0916. The minimum Gasteiger partial charge on any atom is -0.460 e. The van der Waals surface area contributed by atoms with Gasteiger partial charge in [-0.2, -0.15) is 8.75 Å². The van der Waals surface area contributed by atoms with E-state index in [4.69, 9.17) is 9.15 Å². The lowest BCUT2D eigenvalue weighted by atomic mass is 10.1. The smallest absolute Gasteiger partial charge is 0.313 e. The Morgan fingerprint density at radius 1 is 1.00 bits per heavy atom. The highest BCUT2D eigenvalue weighted by Crippen LogP contribution is 2.28. The second-order valence-electron chi connectivity index (χ2n) is 6.30. The third kappa shape index (κ3) is 2.94. The largest absolute Gasteiger partial charge is 0.460 e. The van der Waals surface area contributed by atoms with Gasteiger partial charge in [-0.05, 0) is 29.0 Å². The molecule has 5 rings (SSSR count). The van der Waals surface area contributed by atoms with Crippen LogP contribution in [0.5, 0.6) is 0 Å². The first-order chi connectivity index (χ1) is 13.3. The van der Waals surface area contributed by atoms with Crippen molar-refractivity contribution in [1.29, 1.82) is 0 Å². The molecule has 0 atom stereocenters. The molecular formula is C21H14N2O3S. The Balaban J connectivity index is 1.35. The van der Waals surface area contributed by atoms with Crippen LogP contribution >= 0.6 is 11.7 Å². The standard InChI is InChI=1S/C21H14N2O3S/c24-20(25-12-14-5-3-7-18-21(14)23-27-22-18)11-15-10-17-16-6-2-1-4-13(16)8-9-19(17)26-15/h1-10H,11-12H2. The second kappa shape index (κ2) is 6.48. The van der Waals surface area contributed by atoms with Crippen molar-refractivity contribution in [2.45, 2.75) is 13.0 Å². The van der Waals surface area contributed by atoms with E-state index in [0.29, 0.717) is 5.76 Å². The van der Waals surface area contributed by atoms with Crippen LogP contribution in [0.3, 0.4) is 0 Å². The Morgan fingerprint density at radius 3 is 2.89 bits per heavy atom. The zero-order valence-electron chi connectivity index (χ0n) is 14.2. The minimum atomic E-state index is -0.335. The summed E-state index contributed by atoms with van der Waals surface area (Å²) < 4.78 is 19.7. The molecule has 0 N–H and O–H groups in total. The summed E-state index contributed by atoms with van der Waals surface area (Å²) in [4.78, 5) is 12.3. The fourth-order valence-corrected chi connectivity index (χ4v) is 3.83. The SMILES string of the molecule is O=C(Cc1cc2c(ccc3ccccc32)o1)OCc1cccc2nsnc12. The molecule has 2 aromatic heterocycles. The Hall–Kier alpha value is -3.25. The number of carbonyl (C=O) groups excluding carboxylic acids is 1. The Kier molecular flexibility index (Phi) is 3.83. The lowest BCUT2D eigenvalue weighted by molar-refractivity contribution is -0.144. The number of rotatable bonds is 4. The first-order valence-electron chi connectivity index (χ1n) is 8.54. The Bertz CT molecular complexity index is 1290. The van der Waals surface area contributed by atoms with E-state index in [-0.39, 0.29) is 19.0 Å². The summed E-state index contributed by atoms with van der Waals surface area (Å²) in [6.45, 7) is 0.171. The Morgan fingerprint density at radius 2 is 1.93 bits per heavy atom. The molecule has 0 aliphatic rings. The number of hydrogen-bond acceptors (Lipinski definition) is 6. The Labute approximate surface area is 158 Å². The molecule has 0 fully saturated rings. The summed E-state index contributed by atoms with van der Waals surface area (Å²) in [5, 5.41) is 3.26. The summed E-state index contributed by atoms with van der Waals surface area (Å²) in [5.41, 5.74) is 3.23. The molecule has 5 aromatic rings. The highest BCUT2D eigenvalue weighted by Gasteiger charge is 2.13. The van der Waals surface area contributed by atoms with Gasteiger partial charge in [0.2, 0.25) is 0 Å². The van der Waals surface area contributed by atoms with Crippen molar-refractivity contribution in [3.63, 3.8) is 0 Å². The number of esters is 1. The monoisotopic (exact) mass is 374 g/mol. The molecule has 2 heterocycles. The molecule has 132 valence electrons. The van der Waals surface area contributed by atoms with Crippen molar-refractivity contribution in [3.05, 3.63) is 72.0 Å². The summed E-state index contributed by atoms with van der Waals surface area (Å²) in [6, 6.07) is 19.7. The predicted molar refractivity (Wildman–Crippen MR) is 105 cm³/mol. The molecule has 0 unspecified atom stereocenters. The normalized spacial score (nSPS) is 11.4. The van der Waals surface area contributed by atoms with Crippen molar-refractivity contribution >= 4 is 50.5 Å². The van der Waals surface area contributed by atoms with Crippen LogP contribution in [0.15, 0.2) is 65.1 Å². The molecule has 27 heavy (non-hydrogen) atoms. The van der Waals surface area contributed by atoms with Gasteiger partial charge in [0.15, 0.2) is 0 Å². The lowest BCUT2D eigenvalue weighted by Gasteiger charge is -2.04.